The van der Waals surface area contributed by atoms with Gasteiger partial charge in [0.25, 0.3) is 0 Å². The van der Waals surface area contributed by atoms with E-state index in [4.69, 9.17) is 9.47 Å². The van der Waals surface area contributed by atoms with E-state index in [2.05, 4.69) is 6.92 Å². The molecule has 0 aliphatic heterocycles. The second-order valence-electron chi connectivity index (χ2n) is 6.37. The molecule has 0 atom stereocenters. The lowest BCUT2D eigenvalue weighted by Gasteiger charge is -2.10. The molecule has 0 saturated carbocycles. The maximum Gasteiger partial charge on any atom is 0.343 e. The lowest BCUT2D eigenvalue weighted by Crippen LogP contribution is -2.09. The Hall–Kier alpha value is -2.29. The number of esters is 1. The van der Waals surface area contributed by atoms with Gasteiger partial charge < -0.3 is 9.47 Å². The largest absolute Gasteiger partial charge is 0.494 e. The van der Waals surface area contributed by atoms with E-state index < -0.39 is 0 Å². The molecule has 0 aliphatic carbocycles. The number of hydrogen-bond acceptors (Lipinski definition) is 3. The molecule has 0 fully saturated rings. The molecule has 3 heteroatoms. The molecule has 0 heterocycles. The van der Waals surface area contributed by atoms with E-state index in [1.54, 1.807) is 12.1 Å². The Morgan fingerprint density at radius 3 is 2.36 bits per heavy atom. The lowest BCUT2D eigenvalue weighted by molar-refractivity contribution is 0.0733. The number of rotatable bonds is 9. The summed E-state index contributed by atoms with van der Waals surface area (Å²) in [5, 5.41) is 0. The molecule has 0 aromatic heterocycles. The molecular weight excluding hydrogens is 312 g/mol. The van der Waals surface area contributed by atoms with Crippen molar-refractivity contribution in [3.8, 4) is 11.5 Å². The monoisotopic (exact) mass is 340 g/mol. The number of ether oxygens (including phenoxy) is 2. The highest BCUT2D eigenvalue weighted by Crippen LogP contribution is 2.22. The molecule has 0 radical (unpaired) electrons. The van der Waals surface area contributed by atoms with Crippen LogP contribution in [0.15, 0.2) is 42.5 Å². The minimum Gasteiger partial charge on any atom is -0.494 e. The molecule has 2 aromatic carbocycles. The molecule has 2 aromatic rings. The predicted molar refractivity (Wildman–Crippen MR) is 102 cm³/mol. The standard InChI is InChI=1S/C22H28O3/c1-4-5-6-7-8-16-24-20-14-12-19(13-15-20)22(23)25-21-11-9-10-17(2)18(21)3/h9-15H,4-8,16H2,1-3H3. The van der Waals surface area contributed by atoms with Crippen LogP contribution >= 0.6 is 0 Å². The van der Waals surface area contributed by atoms with Gasteiger partial charge in [-0.3, -0.25) is 0 Å². The van der Waals surface area contributed by atoms with Crippen molar-refractivity contribution in [2.75, 3.05) is 6.61 Å². The van der Waals surface area contributed by atoms with Crippen molar-refractivity contribution in [2.24, 2.45) is 0 Å². The molecule has 2 rings (SSSR count). The molecule has 0 saturated heterocycles. The Bertz CT molecular complexity index is 674. The first-order valence-corrected chi connectivity index (χ1v) is 9.13. The highest BCUT2D eigenvalue weighted by Gasteiger charge is 2.11. The van der Waals surface area contributed by atoms with Crippen LogP contribution in [0.3, 0.4) is 0 Å². The maximum absolute atomic E-state index is 12.3. The van der Waals surface area contributed by atoms with Crippen LogP contribution in [-0.2, 0) is 0 Å². The Balaban J connectivity index is 1.84. The summed E-state index contributed by atoms with van der Waals surface area (Å²) in [6.07, 6.45) is 6.07. The number of unbranched alkanes of at least 4 members (excludes halogenated alkanes) is 4. The summed E-state index contributed by atoms with van der Waals surface area (Å²) < 4.78 is 11.2. The molecule has 0 N–H and O–H groups in total. The van der Waals surface area contributed by atoms with Gasteiger partial charge >= 0.3 is 5.97 Å². The molecule has 0 spiro atoms. The van der Waals surface area contributed by atoms with E-state index in [0.29, 0.717) is 11.3 Å². The van der Waals surface area contributed by atoms with Gasteiger partial charge in [-0.25, -0.2) is 4.79 Å². The summed E-state index contributed by atoms with van der Waals surface area (Å²) in [7, 11) is 0. The summed E-state index contributed by atoms with van der Waals surface area (Å²) in [5.74, 6) is 1.05. The van der Waals surface area contributed by atoms with Crippen LogP contribution in [0.4, 0.5) is 0 Å². The van der Waals surface area contributed by atoms with E-state index in [0.717, 1.165) is 29.9 Å². The van der Waals surface area contributed by atoms with Gasteiger partial charge in [-0.1, -0.05) is 44.7 Å². The average Bonchev–Trinajstić information content (AvgIpc) is 2.62. The Morgan fingerprint density at radius 1 is 0.920 bits per heavy atom. The molecule has 0 bridgehead atoms. The molecule has 25 heavy (non-hydrogen) atoms. The number of carbonyl (C=O) groups is 1. The second-order valence-corrected chi connectivity index (χ2v) is 6.37. The fraction of sp³-hybridized carbons (Fsp3) is 0.409. The highest BCUT2D eigenvalue weighted by atomic mass is 16.5. The Kier molecular flexibility index (Phi) is 7.52. The first-order valence-electron chi connectivity index (χ1n) is 9.13. The van der Waals surface area contributed by atoms with Gasteiger partial charge in [-0.15, -0.1) is 0 Å². The maximum atomic E-state index is 12.3. The average molecular weight is 340 g/mol. The number of benzene rings is 2. The summed E-state index contributed by atoms with van der Waals surface area (Å²) in [6, 6.07) is 12.9. The van der Waals surface area contributed by atoms with Crippen molar-refractivity contribution < 1.29 is 14.3 Å². The number of carbonyl (C=O) groups excluding carboxylic acids is 1. The van der Waals surface area contributed by atoms with Gasteiger partial charge in [-0.05, 0) is 61.7 Å². The van der Waals surface area contributed by atoms with Crippen molar-refractivity contribution in [3.63, 3.8) is 0 Å². The zero-order chi connectivity index (χ0) is 18.1. The van der Waals surface area contributed by atoms with Gasteiger partial charge in [0.1, 0.15) is 11.5 Å². The topological polar surface area (TPSA) is 35.5 Å². The van der Waals surface area contributed by atoms with Crippen LogP contribution in [-0.4, -0.2) is 12.6 Å². The Labute approximate surface area is 151 Å². The number of hydrogen-bond donors (Lipinski definition) is 0. The van der Waals surface area contributed by atoms with E-state index in [1.807, 2.05) is 44.2 Å². The second kappa shape index (κ2) is 9.87. The van der Waals surface area contributed by atoms with Crippen LogP contribution in [0.5, 0.6) is 11.5 Å². The third kappa shape index (κ3) is 5.93. The van der Waals surface area contributed by atoms with Crippen LogP contribution in [0.25, 0.3) is 0 Å². The summed E-state index contributed by atoms with van der Waals surface area (Å²) >= 11 is 0. The quantitative estimate of drug-likeness (QED) is 0.325. The first kappa shape index (κ1) is 19.0. The predicted octanol–water partition coefficient (Wildman–Crippen LogP) is 5.87. The fourth-order valence-corrected chi connectivity index (χ4v) is 2.58. The molecule has 0 aliphatic rings. The van der Waals surface area contributed by atoms with E-state index in [1.165, 1.54) is 25.7 Å². The van der Waals surface area contributed by atoms with E-state index in [9.17, 15) is 4.79 Å². The van der Waals surface area contributed by atoms with Gasteiger partial charge in [0, 0.05) is 0 Å². The van der Waals surface area contributed by atoms with Gasteiger partial charge in [0.2, 0.25) is 0 Å². The summed E-state index contributed by atoms with van der Waals surface area (Å²) in [6.45, 7) is 6.88. The lowest BCUT2D eigenvalue weighted by atomic mass is 10.1. The van der Waals surface area contributed by atoms with Crippen molar-refractivity contribution >= 4 is 5.97 Å². The normalized spacial score (nSPS) is 10.5. The van der Waals surface area contributed by atoms with Crippen LogP contribution < -0.4 is 9.47 Å². The molecule has 0 unspecified atom stereocenters. The van der Waals surface area contributed by atoms with Crippen LogP contribution in [0.1, 0.15) is 60.5 Å². The molecular formula is C22H28O3. The summed E-state index contributed by atoms with van der Waals surface area (Å²) in [4.78, 5) is 12.3. The van der Waals surface area contributed by atoms with E-state index in [-0.39, 0.29) is 5.97 Å². The molecule has 3 nitrogen and oxygen atoms in total. The van der Waals surface area contributed by atoms with Gasteiger partial charge in [0.15, 0.2) is 0 Å². The number of aryl methyl sites for hydroxylation is 1. The minimum atomic E-state index is -0.347. The van der Waals surface area contributed by atoms with Crippen LogP contribution in [0, 0.1) is 13.8 Å². The molecule has 134 valence electrons. The van der Waals surface area contributed by atoms with Gasteiger partial charge in [0.05, 0.1) is 12.2 Å². The first-order chi connectivity index (χ1) is 12.1. The third-order valence-corrected chi connectivity index (χ3v) is 4.36. The summed E-state index contributed by atoms with van der Waals surface area (Å²) in [5.41, 5.74) is 2.61. The van der Waals surface area contributed by atoms with Gasteiger partial charge in [-0.2, -0.15) is 0 Å². The van der Waals surface area contributed by atoms with Crippen molar-refractivity contribution in [1.29, 1.82) is 0 Å². The van der Waals surface area contributed by atoms with Crippen LogP contribution in [0.2, 0.25) is 0 Å². The smallest absolute Gasteiger partial charge is 0.343 e. The Morgan fingerprint density at radius 2 is 1.64 bits per heavy atom. The fourth-order valence-electron chi connectivity index (χ4n) is 2.58. The van der Waals surface area contributed by atoms with Crippen molar-refractivity contribution in [2.45, 2.75) is 52.9 Å². The highest BCUT2D eigenvalue weighted by molar-refractivity contribution is 5.91. The molecule has 0 amide bonds. The van der Waals surface area contributed by atoms with E-state index >= 15 is 0 Å². The zero-order valence-electron chi connectivity index (χ0n) is 15.5. The zero-order valence-corrected chi connectivity index (χ0v) is 15.5. The minimum absolute atomic E-state index is 0.347. The van der Waals surface area contributed by atoms with Crippen molar-refractivity contribution in [1.82, 2.24) is 0 Å². The van der Waals surface area contributed by atoms with Crippen molar-refractivity contribution in [3.05, 3.63) is 59.2 Å². The SMILES string of the molecule is CCCCCCCOc1ccc(C(=O)Oc2cccc(C)c2C)cc1. The third-order valence-electron chi connectivity index (χ3n) is 4.36.